The molecular weight excluding hydrogens is 326 g/mol. The third-order valence-corrected chi connectivity index (χ3v) is 3.83. The van der Waals surface area contributed by atoms with E-state index in [0.29, 0.717) is 6.54 Å². The van der Waals surface area contributed by atoms with Crippen molar-refractivity contribution in [2.24, 2.45) is 11.0 Å². The van der Waals surface area contributed by atoms with Crippen LogP contribution in [-0.4, -0.2) is 17.5 Å². The first-order valence-corrected chi connectivity index (χ1v) is 8.78. The molecule has 2 aromatic carbocycles. The Kier molecular flexibility index (Phi) is 7.55. The van der Waals surface area contributed by atoms with Crippen LogP contribution in [-0.2, 0) is 16.1 Å². The van der Waals surface area contributed by atoms with Gasteiger partial charge in [0, 0.05) is 19.4 Å². The minimum Gasteiger partial charge on any atom is -0.352 e. The summed E-state index contributed by atoms with van der Waals surface area (Å²) in [7, 11) is 0. The number of nitrogens with one attached hydrogen (secondary N) is 2. The minimum absolute atomic E-state index is 0.101. The number of carbonyl (C=O) groups excluding carboxylic acids is 2. The predicted molar refractivity (Wildman–Crippen MR) is 103 cm³/mol. The van der Waals surface area contributed by atoms with E-state index >= 15 is 0 Å². The van der Waals surface area contributed by atoms with E-state index < -0.39 is 0 Å². The van der Waals surface area contributed by atoms with Gasteiger partial charge < -0.3 is 5.32 Å². The lowest BCUT2D eigenvalue weighted by Gasteiger charge is -2.10. The lowest BCUT2D eigenvalue weighted by Crippen LogP contribution is -2.26. The molecule has 136 valence electrons. The van der Waals surface area contributed by atoms with Gasteiger partial charge in [-0.05, 0) is 17.0 Å². The van der Waals surface area contributed by atoms with Crippen molar-refractivity contribution in [3.63, 3.8) is 0 Å². The van der Waals surface area contributed by atoms with Crippen molar-refractivity contribution in [2.75, 3.05) is 0 Å². The summed E-state index contributed by atoms with van der Waals surface area (Å²) in [5, 5.41) is 7.06. The second kappa shape index (κ2) is 10.1. The molecule has 2 amide bonds. The Balaban J connectivity index is 1.79. The lowest BCUT2D eigenvalue weighted by atomic mass is 10.0. The molecule has 0 unspecified atom stereocenters. The van der Waals surface area contributed by atoms with Gasteiger partial charge in [-0.25, -0.2) is 5.43 Å². The van der Waals surface area contributed by atoms with E-state index in [2.05, 4.69) is 15.8 Å². The van der Waals surface area contributed by atoms with E-state index in [4.69, 9.17) is 0 Å². The molecule has 0 saturated carbocycles. The number of amides is 2. The molecule has 2 rings (SSSR count). The molecule has 0 aliphatic rings. The van der Waals surface area contributed by atoms with E-state index in [0.717, 1.165) is 16.8 Å². The summed E-state index contributed by atoms with van der Waals surface area (Å²) in [6.07, 6.45) is 0.237. The van der Waals surface area contributed by atoms with Crippen LogP contribution >= 0.6 is 0 Å². The Hall–Kier alpha value is -2.95. The highest BCUT2D eigenvalue weighted by atomic mass is 16.2. The zero-order valence-electron chi connectivity index (χ0n) is 15.2. The number of hydrazone groups is 1. The first-order chi connectivity index (χ1) is 12.6. The Bertz CT molecular complexity index is 740. The number of nitrogens with zero attached hydrogens (tertiary/aromatic N) is 1. The number of benzene rings is 2. The molecule has 2 aromatic rings. The summed E-state index contributed by atoms with van der Waals surface area (Å²) in [5.74, 6) is -0.249. The predicted octanol–water partition coefficient (Wildman–Crippen LogP) is 3.26. The first kappa shape index (κ1) is 19.4. The number of hydrogen-bond acceptors (Lipinski definition) is 3. The van der Waals surface area contributed by atoms with Crippen LogP contribution in [0.15, 0.2) is 65.8 Å². The van der Waals surface area contributed by atoms with Gasteiger partial charge in [0.2, 0.25) is 11.8 Å². The van der Waals surface area contributed by atoms with Crippen LogP contribution in [0.4, 0.5) is 0 Å². The monoisotopic (exact) mass is 351 g/mol. The zero-order chi connectivity index (χ0) is 18.8. The minimum atomic E-state index is -0.269. The summed E-state index contributed by atoms with van der Waals surface area (Å²) in [5.41, 5.74) is 5.38. The van der Waals surface area contributed by atoms with Crippen molar-refractivity contribution in [3.8, 4) is 0 Å². The third kappa shape index (κ3) is 6.51. The molecular formula is C21H25N3O2. The fourth-order valence-electron chi connectivity index (χ4n) is 2.43. The van der Waals surface area contributed by atoms with Crippen LogP contribution in [0.1, 0.15) is 37.8 Å². The summed E-state index contributed by atoms with van der Waals surface area (Å²) in [6, 6.07) is 19.4. The van der Waals surface area contributed by atoms with Crippen molar-refractivity contribution in [1.29, 1.82) is 0 Å². The van der Waals surface area contributed by atoms with Gasteiger partial charge in [0.05, 0.1) is 5.71 Å². The third-order valence-electron chi connectivity index (χ3n) is 3.83. The van der Waals surface area contributed by atoms with Crippen molar-refractivity contribution in [3.05, 3.63) is 71.8 Å². The normalized spacial score (nSPS) is 11.3. The van der Waals surface area contributed by atoms with Crippen LogP contribution in [0.25, 0.3) is 0 Å². The quantitative estimate of drug-likeness (QED) is 0.566. The van der Waals surface area contributed by atoms with Crippen molar-refractivity contribution >= 4 is 17.5 Å². The van der Waals surface area contributed by atoms with Crippen LogP contribution in [0.2, 0.25) is 0 Å². The molecule has 0 heterocycles. The topological polar surface area (TPSA) is 70.6 Å². The molecule has 0 atom stereocenters. The van der Waals surface area contributed by atoms with Crippen LogP contribution in [0.3, 0.4) is 0 Å². The molecule has 0 aliphatic heterocycles. The van der Waals surface area contributed by atoms with Crippen LogP contribution in [0, 0.1) is 5.92 Å². The maximum absolute atomic E-state index is 12.0. The summed E-state index contributed by atoms with van der Waals surface area (Å²) in [4.78, 5) is 23.8. The smallest absolute Gasteiger partial charge is 0.240 e. The highest BCUT2D eigenvalue weighted by Gasteiger charge is 2.10. The van der Waals surface area contributed by atoms with Crippen LogP contribution < -0.4 is 10.7 Å². The number of hydrogen-bond donors (Lipinski definition) is 2. The Labute approximate surface area is 154 Å². The SMILES string of the molecule is CC(C)/C(=N\NC(=O)CCC(=O)NCc1ccccc1)c1ccccc1. The fourth-order valence-corrected chi connectivity index (χ4v) is 2.43. The standard InChI is InChI=1S/C21H25N3O2/c1-16(2)21(18-11-7-4-8-12-18)24-23-20(26)14-13-19(25)22-15-17-9-5-3-6-10-17/h3-12,16H,13-15H2,1-2H3,(H,22,25)(H,23,26)/b24-21+. The summed E-state index contributed by atoms with van der Waals surface area (Å²) in [6.45, 7) is 4.51. The average Bonchev–Trinajstić information content (AvgIpc) is 2.66. The highest BCUT2D eigenvalue weighted by Crippen LogP contribution is 2.09. The van der Waals surface area contributed by atoms with Gasteiger partial charge in [-0.2, -0.15) is 5.10 Å². The fraction of sp³-hybridized carbons (Fsp3) is 0.286. The van der Waals surface area contributed by atoms with E-state index in [1.165, 1.54) is 0 Å². The zero-order valence-corrected chi connectivity index (χ0v) is 15.2. The van der Waals surface area contributed by atoms with Crippen molar-refractivity contribution in [1.82, 2.24) is 10.7 Å². The highest BCUT2D eigenvalue weighted by molar-refractivity contribution is 6.02. The Morgan fingerprint density at radius 1 is 0.885 bits per heavy atom. The van der Waals surface area contributed by atoms with Gasteiger partial charge in [0.1, 0.15) is 0 Å². The summed E-state index contributed by atoms with van der Waals surface area (Å²) < 4.78 is 0. The average molecular weight is 351 g/mol. The maximum Gasteiger partial charge on any atom is 0.240 e. The van der Waals surface area contributed by atoms with E-state index in [1.807, 2.05) is 74.5 Å². The molecule has 0 spiro atoms. The second-order valence-corrected chi connectivity index (χ2v) is 6.32. The lowest BCUT2D eigenvalue weighted by molar-refractivity contribution is -0.126. The van der Waals surface area contributed by atoms with Crippen LogP contribution in [0.5, 0.6) is 0 Å². The Morgan fingerprint density at radius 3 is 2.08 bits per heavy atom. The van der Waals surface area contributed by atoms with E-state index in [9.17, 15) is 9.59 Å². The van der Waals surface area contributed by atoms with Crippen molar-refractivity contribution in [2.45, 2.75) is 33.2 Å². The summed E-state index contributed by atoms with van der Waals surface area (Å²) >= 11 is 0. The molecule has 0 aliphatic carbocycles. The number of carbonyl (C=O) groups is 2. The molecule has 5 heteroatoms. The molecule has 26 heavy (non-hydrogen) atoms. The molecule has 0 radical (unpaired) electrons. The first-order valence-electron chi connectivity index (χ1n) is 8.78. The van der Waals surface area contributed by atoms with Crippen molar-refractivity contribution < 1.29 is 9.59 Å². The number of rotatable bonds is 8. The largest absolute Gasteiger partial charge is 0.352 e. The van der Waals surface area contributed by atoms with E-state index in [1.54, 1.807) is 0 Å². The molecule has 5 nitrogen and oxygen atoms in total. The van der Waals surface area contributed by atoms with Gasteiger partial charge in [-0.15, -0.1) is 0 Å². The van der Waals surface area contributed by atoms with Gasteiger partial charge >= 0.3 is 0 Å². The van der Waals surface area contributed by atoms with Gasteiger partial charge in [-0.1, -0.05) is 74.5 Å². The molecule has 0 bridgehead atoms. The molecule has 0 saturated heterocycles. The molecule has 2 N–H and O–H groups in total. The molecule has 0 aromatic heterocycles. The Morgan fingerprint density at radius 2 is 1.46 bits per heavy atom. The molecule has 0 fully saturated rings. The van der Waals surface area contributed by atoms with Gasteiger partial charge in [0.15, 0.2) is 0 Å². The van der Waals surface area contributed by atoms with Gasteiger partial charge in [0.25, 0.3) is 0 Å². The van der Waals surface area contributed by atoms with Gasteiger partial charge in [-0.3, -0.25) is 9.59 Å². The second-order valence-electron chi connectivity index (χ2n) is 6.32. The van der Waals surface area contributed by atoms with E-state index in [-0.39, 0.29) is 30.6 Å². The maximum atomic E-state index is 12.0.